The Bertz CT molecular complexity index is 441. The maximum Gasteiger partial charge on any atom is 0.500 e. The third-order valence-corrected chi connectivity index (χ3v) is 12.9. The van der Waals surface area contributed by atoms with Gasteiger partial charge in [-0.05, 0) is 38.5 Å². The molecule has 0 fully saturated rings. The first-order valence-electron chi connectivity index (χ1n) is 13.2. The Balaban J connectivity index is 4.25. The summed E-state index contributed by atoms with van der Waals surface area (Å²) >= 11 is 0. The molecule has 0 aromatic rings. The SMILES string of the molecule is CCC(CCCCCC[Si](OC)(OC)OC)C(=O)C(CC)CCCCCC[Si](OC)(OC)OC. The van der Waals surface area contributed by atoms with Gasteiger partial charge in [-0.3, -0.25) is 4.79 Å². The van der Waals surface area contributed by atoms with Crippen molar-refractivity contribution in [1.82, 2.24) is 0 Å². The van der Waals surface area contributed by atoms with Crippen molar-refractivity contribution in [2.75, 3.05) is 42.7 Å². The second-order valence-electron chi connectivity index (χ2n) is 9.11. The number of rotatable bonds is 24. The van der Waals surface area contributed by atoms with Gasteiger partial charge in [0.1, 0.15) is 5.78 Å². The third kappa shape index (κ3) is 12.2. The summed E-state index contributed by atoms with van der Waals surface area (Å²) in [5.41, 5.74) is 0. The molecule has 0 spiro atoms. The van der Waals surface area contributed by atoms with E-state index in [4.69, 9.17) is 26.6 Å². The van der Waals surface area contributed by atoms with Gasteiger partial charge in [-0.15, -0.1) is 0 Å². The summed E-state index contributed by atoms with van der Waals surface area (Å²) in [7, 11) is 5.08. The fraction of sp³-hybridized carbons (Fsp3) is 0.960. The van der Waals surface area contributed by atoms with Crippen LogP contribution in [0.2, 0.25) is 12.1 Å². The molecule has 0 N–H and O–H groups in total. The van der Waals surface area contributed by atoms with Crippen LogP contribution >= 0.6 is 0 Å². The monoisotopic (exact) mass is 522 g/mol. The van der Waals surface area contributed by atoms with Crippen molar-refractivity contribution in [3.05, 3.63) is 0 Å². The Morgan fingerprint density at radius 1 is 0.529 bits per heavy atom. The molecule has 0 aliphatic heterocycles. The van der Waals surface area contributed by atoms with Gasteiger partial charge in [0.05, 0.1) is 0 Å². The summed E-state index contributed by atoms with van der Waals surface area (Å²) in [6, 6.07) is 1.69. The molecule has 2 atom stereocenters. The van der Waals surface area contributed by atoms with E-state index in [1.807, 2.05) is 0 Å². The molecule has 0 aromatic carbocycles. The van der Waals surface area contributed by atoms with Crippen LogP contribution in [0.15, 0.2) is 0 Å². The highest BCUT2D eigenvalue weighted by molar-refractivity contribution is 6.60. The smallest absolute Gasteiger partial charge is 0.377 e. The Morgan fingerprint density at radius 3 is 1.09 bits per heavy atom. The Labute approximate surface area is 212 Å². The van der Waals surface area contributed by atoms with E-state index in [1.165, 1.54) is 0 Å². The highest BCUT2D eigenvalue weighted by Crippen LogP contribution is 2.26. The van der Waals surface area contributed by atoms with E-state index in [-0.39, 0.29) is 11.8 Å². The van der Waals surface area contributed by atoms with E-state index in [0.717, 1.165) is 89.1 Å². The topological polar surface area (TPSA) is 72.5 Å². The number of carbonyl (C=O) groups excluding carboxylic acids is 1. The lowest BCUT2D eigenvalue weighted by Crippen LogP contribution is -2.42. The van der Waals surface area contributed by atoms with Gasteiger partial charge in [0.25, 0.3) is 0 Å². The quantitative estimate of drug-likeness (QED) is 0.109. The van der Waals surface area contributed by atoms with Gasteiger partial charge < -0.3 is 26.6 Å². The maximum atomic E-state index is 13.2. The van der Waals surface area contributed by atoms with Crippen molar-refractivity contribution < 1.29 is 31.4 Å². The normalized spacial score (nSPS) is 14.4. The highest BCUT2D eigenvalue weighted by atomic mass is 28.4. The second-order valence-corrected chi connectivity index (χ2v) is 15.3. The highest BCUT2D eigenvalue weighted by Gasteiger charge is 2.37. The summed E-state index contributed by atoms with van der Waals surface area (Å²) in [5.74, 6) is 0.887. The average molecular weight is 523 g/mol. The molecule has 7 nitrogen and oxygen atoms in total. The van der Waals surface area contributed by atoms with Crippen molar-refractivity contribution in [1.29, 1.82) is 0 Å². The molecule has 0 aliphatic rings. The van der Waals surface area contributed by atoms with Crippen molar-refractivity contribution in [3.63, 3.8) is 0 Å². The van der Waals surface area contributed by atoms with Crippen LogP contribution < -0.4 is 0 Å². The first kappa shape index (κ1) is 33.9. The van der Waals surface area contributed by atoms with Gasteiger partial charge >= 0.3 is 17.6 Å². The van der Waals surface area contributed by atoms with E-state index >= 15 is 0 Å². The molecule has 204 valence electrons. The summed E-state index contributed by atoms with van der Waals surface area (Å²) in [5, 5.41) is 0. The first-order chi connectivity index (χ1) is 16.4. The molecular formula is C25H54O7Si2. The summed E-state index contributed by atoms with van der Waals surface area (Å²) in [6.45, 7) is 4.31. The van der Waals surface area contributed by atoms with Crippen molar-refractivity contribution in [2.24, 2.45) is 11.8 Å². The lowest BCUT2D eigenvalue weighted by molar-refractivity contribution is -0.127. The van der Waals surface area contributed by atoms with E-state index < -0.39 is 17.6 Å². The summed E-state index contributed by atoms with van der Waals surface area (Å²) in [4.78, 5) is 13.2. The van der Waals surface area contributed by atoms with Gasteiger partial charge in [-0.1, -0.05) is 52.4 Å². The number of hydrogen-bond donors (Lipinski definition) is 0. The Morgan fingerprint density at radius 2 is 0.824 bits per heavy atom. The summed E-state index contributed by atoms with van der Waals surface area (Å²) < 4.78 is 32.9. The third-order valence-electron chi connectivity index (χ3n) is 7.23. The minimum absolute atomic E-state index is 0.201. The van der Waals surface area contributed by atoms with Gasteiger partial charge in [0.15, 0.2) is 0 Å². The molecule has 0 amide bonds. The molecule has 0 rings (SSSR count). The van der Waals surface area contributed by atoms with Crippen LogP contribution in [0.3, 0.4) is 0 Å². The van der Waals surface area contributed by atoms with Crippen molar-refractivity contribution in [2.45, 2.75) is 103 Å². The summed E-state index contributed by atoms with van der Waals surface area (Å²) in [6.07, 6.45) is 12.7. The van der Waals surface area contributed by atoms with Gasteiger partial charge in [-0.25, -0.2) is 0 Å². The molecule has 2 unspecified atom stereocenters. The molecule has 0 saturated carbocycles. The molecule has 0 aliphatic carbocycles. The van der Waals surface area contributed by atoms with Crippen LogP contribution in [0, 0.1) is 11.8 Å². The maximum absolute atomic E-state index is 13.2. The molecule has 34 heavy (non-hydrogen) atoms. The van der Waals surface area contributed by atoms with Crippen LogP contribution in [-0.4, -0.2) is 66.1 Å². The van der Waals surface area contributed by atoms with Gasteiger partial charge in [0, 0.05) is 66.6 Å². The van der Waals surface area contributed by atoms with Crippen molar-refractivity contribution >= 4 is 23.4 Å². The molecule has 0 aromatic heterocycles. The largest absolute Gasteiger partial charge is 0.500 e. The lowest BCUT2D eigenvalue weighted by atomic mass is 9.83. The lowest BCUT2D eigenvalue weighted by Gasteiger charge is -2.24. The molecule has 9 heteroatoms. The van der Waals surface area contributed by atoms with E-state index in [2.05, 4.69) is 13.8 Å². The fourth-order valence-corrected chi connectivity index (χ4v) is 8.30. The van der Waals surface area contributed by atoms with Crippen molar-refractivity contribution in [3.8, 4) is 0 Å². The van der Waals surface area contributed by atoms with Crippen LogP contribution in [0.4, 0.5) is 0 Å². The first-order valence-corrected chi connectivity index (χ1v) is 17.1. The zero-order valence-corrected chi connectivity index (χ0v) is 25.4. The fourth-order valence-electron chi connectivity index (χ4n) is 4.71. The van der Waals surface area contributed by atoms with E-state index in [9.17, 15) is 4.79 Å². The molecule has 0 heterocycles. The number of Topliss-reactive ketones (excluding diaryl/α,β-unsaturated/α-hetero) is 1. The molecular weight excluding hydrogens is 468 g/mol. The van der Waals surface area contributed by atoms with Crippen LogP contribution in [-0.2, 0) is 31.4 Å². The van der Waals surface area contributed by atoms with E-state index in [1.54, 1.807) is 42.7 Å². The molecule has 0 saturated heterocycles. The Kier molecular flexibility index (Phi) is 19.9. The number of hydrogen-bond acceptors (Lipinski definition) is 7. The predicted octanol–water partition coefficient (Wildman–Crippen LogP) is 6.27. The molecule has 0 radical (unpaired) electrons. The second kappa shape index (κ2) is 20.0. The zero-order valence-electron chi connectivity index (χ0n) is 23.4. The Hall–Kier alpha value is -0.136. The average Bonchev–Trinajstić information content (AvgIpc) is 2.88. The van der Waals surface area contributed by atoms with Gasteiger partial charge in [-0.2, -0.15) is 0 Å². The number of unbranched alkanes of at least 4 members (excludes halogenated alkanes) is 6. The standard InChI is InChI=1S/C25H54O7Si2/c1-9-23(19-15-11-13-17-21-33(27-3,28-4)29-5)25(26)24(10-2)20-16-12-14-18-22-34(30-6,31-7)32-8/h23-24H,9-22H2,1-8H3. The van der Waals surface area contributed by atoms with E-state index in [0.29, 0.717) is 5.78 Å². The minimum Gasteiger partial charge on any atom is -0.377 e. The van der Waals surface area contributed by atoms with Crippen LogP contribution in [0.25, 0.3) is 0 Å². The number of ketones is 1. The van der Waals surface area contributed by atoms with Crippen LogP contribution in [0.5, 0.6) is 0 Å². The van der Waals surface area contributed by atoms with Crippen LogP contribution in [0.1, 0.15) is 90.9 Å². The predicted molar refractivity (Wildman–Crippen MR) is 142 cm³/mol. The number of carbonyl (C=O) groups is 1. The zero-order chi connectivity index (χ0) is 25.9. The molecule has 0 bridgehead atoms. The minimum atomic E-state index is -2.45. The van der Waals surface area contributed by atoms with Gasteiger partial charge in [0.2, 0.25) is 0 Å².